The highest BCUT2D eigenvalue weighted by Crippen LogP contribution is 2.29. The number of pyridine rings is 1. The number of aliphatic imine (C=N–C) groups is 1. The monoisotopic (exact) mass is 359 g/mol. The van der Waals surface area contributed by atoms with Gasteiger partial charge in [-0.05, 0) is 51.7 Å². The highest BCUT2D eigenvalue weighted by Gasteiger charge is 2.31. The van der Waals surface area contributed by atoms with Gasteiger partial charge in [0.25, 0.3) is 0 Å². The lowest BCUT2D eigenvalue weighted by molar-refractivity contribution is 0.0574. The van der Waals surface area contributed by atoms with Crippen molar-refractivity contribution in [3.05, 3.63) is 23.9 Å². The number of nitrogens with one attached hydrogen (secondary N) is 2. The molecule has 1 aromatic rings. The standard InChI is InChI=1S/C20H33N5O/c1-3-21-19(22-15-20(26)11-4-5-12-20)24-17-9-13-25(14-10-17)18-8-6-7-16(2)23-18/h6-8,17,26H,3-5,9-15H2,1-2H3,(H2,21,22,24). The average Bonchev–Trinajstić information content (AvgIpc) is 3.08. The molecular formula is C20H33N5O. The predicted molar refractivity (Wildman–Crippen MR) is 107 cm³/mol. The van der Waals surface area contributed by atoms with Gasteiger partial charge in [0.15, 0.2) is 5.96 Å². The SMILES string of the molecule is CCNC(=NCC1(O)CCCC1)NC1CCN(c2cccc(C)n2)CC1. The summed E-state index contributed by atoms with van der Waals surface area (Å²) in [6.45, 7) is 7.43. The summed E-state index contributed by atoms with van der Waals surface area (Å²) in [5, 5.41) is 17.4. The first kappa shape index (κ1) is 19.0. The van der Waals surface area contributed by atoms with Crippen molar-refractivity contribution in [1.82, 2.24) is 15.6 Å². The summed E-state index contributed by atoms with van der Waals surface area (Å²) in [5.74, 6) is 1.91. The third-order valence-electron chi connectivity index (χ3n) is 5.44. The highest BCUT2D eigenvalue weighted by atomic mass is 16.3. The molecule has 0 atom stereocenters. The van der Waals surface area contributed by atoms with Gasteiger partial charge in [0.05, 0.1) is 12.1 Å². The minimum Gasteiger partial charge on any atom is -0.388 e. The van der Waals surface area contributed by atoms with Crippen LogP contribution < -0.4 is 15.5 Å². The largest absolute Gasteiger partial charge is 0.388 e. The maximum atomic E-state index is 10.5. The molecule has 0 spiro atoms. The smallest absolute Gasteiger partial charge is 0.191 e. The average molecular weight is 360 g/mol. The van der Waals surface area contributed by atoms with Crippen LogP contribution in [-0.2, 0) is 0 Å². The first-order valence-corrected chi connectivity index (χ1v) is 10.0. The molecule has 0 bridgehead atoms. The Morgan fingerprint density at radius 1 is 1.31 bits per heavy atom. The van der Waals surface area contributed by atoms with Crippen molar-refractivity contribution in [2.24, 2.45) is 4.99 Å². The van der Waals surface area contributed by atoms with Crippen LogP contribution in [0.4, 0.5) is 5.82 Å². The quantitative estimate of drug-likeness (QED) is 0.555. The lowest BCUT2D eigenvalue weighted by atomic mass is 10.0. The molecule has 6 heteroatoms. The van der Waals surface area contributed by atoms with Gasteiger partial charge in [-0.25, -0.2) is 4.98 Å². The molecule has 0 amide bonds. The van der Waals surface area contributed by atoms with Gasteiger partial charge in [0.2, 0.25) is 0 Å². The second kappa shape index (κ2) is 8.71. The summed E-state index contributed by atoms with van der Waals surface area (Å²) in [6.07, 6.45) is 6.09. The van der Waals surface area contributed by atoms with E-state index >= 15 is 0 Å². The third-order valence-corrected chi connectivity index (χ3v) is 5.44. The van der Waals surface area contributed by atoms with Crippen molar-refractivity contribution in [1.29, 1.82) is 0 Å². The van der Waals surface area contributed by atoms with E-state index in [1.54, 1.807) is 0 Å². The first-order valence-electron chi connectivity index (χ1n) is 10.0. The van der Waals surface area contributed by atoms with Crippen LogP contribution in [0.1, 0.15) is 51.1 Å². The van der Waals surface area contributed by atoms with Crippen LogP contribution in [0, 0.1) is 6.92 Å². The number of rotatable bonds is 5. The fourth-order valence-corrected chi connectivity index (χ4v) is 3.89. The van der Waals surface area contributed by atoms with Crippen LogP contribution in [0.2, 0.25) is 0 Å². The second-order valence-electron chi connectivity index (χ2n) is 7.67. The number of nitrogens with zero attached hydrogens (tertiary/aromatic N) is 3. The number of anilines is 1. The van der Waals surface area contributed by atoms with E-state index in [9.17, 15) is 5.11 Å². The van der Waals surface area contributed by atoms with Crippen LogP contribution in [0.5, 0.6) is 0 Å². The van der Waals surface area contributed by atoms with Crippen molar-refractivity contribution in [2.45, 2.75) is 64.0 Å². The Morgan fingerprint density at radius 3 is 2.69 bits per heavy atom. The predicted octanol–water partition coefficient (Wildman–Crippen LogP) is 2.22. The Hall–Kier alpha value is -1.82. The summed E-state index contributed by atoms with van der Waals surface area (Å²) in [6, 6.07) is 6.61. The number of hydrogen-bond donors (Lipinski definition) is 3. The molecule has 0 aromatic carbocycles. The molecule has 3 rings (SSSR count). The Kier molecular flexibility index (Phi) is 6.35. The lowest BCUT2D eigenvalue weighted by Gasteiger charge is -2.34. The molecular weight excluding hydrogens is 326 g/mol. The van der Waals surface area contributed by atoms with Crippen molar-refractivity contribution in [3.8, 4) is 0 Å². The fraction of sp³-hybridized carbons (Fsp3) is 0.700. The number of guanidine groups is 1. The fourth-order valence-electron chi connectivity index (χ4n) is 3.89. The molecule has 1 saturated heterocycles. The van der Waals surface area contributed by atoms with Gasteiger partial charge in [-0.1, -0.05) is 18.9 Å². The minimum atomic E-state index is -0.595. The van der Waals surface area contributed by atoms with Gasteiger partial charge in [-0.3, -0.25) is 4.99 Å². The summed E-state index contributed by atoms with van der Waals surface area (Å²) in [7, 11) is 0. The van der Waals surface area contributed by atoms with Gasteiger partial charge in [-0.15, -0.1) is 0 Å². The van der Waals surface area contributed by atoms with E-state index < -0.39 is 5.60 Å². The van der Waals surface area contributed by atoms with Gasteiger partial charge >= 0.3 is 0 Å². The van der Waals surface area contributed by atoms with E-state index in [2.05, 4.69) is 44.6 Å². The first-order chi connectivity index (χ1) is 12.6. The van der Waals surface area contributed by atoms with E-state index in [0.717, 1.165) is 75.6 Å². The van der Waals surface area contributed by atoms with Crippen LogP contribution in [0.15, 0.2) is 23.2 Å². The Bertz CT molecular complexity index is 604. The molecule has 1 aromatic heterocycles. The maximum Gasteiger partial charge on any atom is 0.191 e. The number of aromatic nitrogens is 1. The van der Waals surface area contributed by atoms with E-state index in [1.165, 1.54) is 0 Å². The maximum absolute atomic E-state index is 10.5. The van der Waals surface area contributed by atoms with Crippen LogP contribution >= 0.6 is 0 Å². The zero-order valence-corrected chi connectivity index (χ0v) is 16.2. The van der Waals surface area contributed by atoms with Crippen molar-refractivity contribution in [3.63, 3.8) is 0 Å². The van der Waals surface area contributed by atoms with Gasteiger partial charge < -0.3 is 20.6 Å². The van der Waals surface area contributed by atoms with E-state index in [4.69, 9.17) is 0 Å². The zero-order chi connectivity index (χ0) is 18.4. The Morgan fingerprint density at radius 2 is 2.04 bits per heavy atom. The number of piperidine rings is 1. The number of aryl methyl sites for hydroxylation is 1. The molecule has 2 fully saturated rings. The van der Waals surface area contributed by atoms with E-state index in [0.29, 0.717) is 12.6 Å². The molecule has 1 saturated carbocycles. The normalized spacial score (nSPS) is 21.0. The molecule has 144 valence electrons. The number of aliphatic hydroxyl groups is 1. The summed E-state index contributed by atoms with van der Waals surface area (Å²) < 4.78 is 0. The highest BCUT2D eigenvalue weighted by molar-refractivity contribution is 5.80. The molecule has 2 aliphatic rings. The summed E-state index contributed by atoms with van der Waals surface area (Å²) >= 11 is 0. The number of hydrogen-bond acceptors (Lipinski definition) is 4. The molecule has 0 unspecified atom stereocenters. The topological polar surface area (TPSA) is 72.8 Å². The van der Waals surface area contributed by atoms with Gasteiger partial charge in [0, 0.05) is 31.4 Å². The van der Waals surface area contributed by atoms with E-state index in [1.807, 2.05) is 13.0 Å². The second-order valence-corrected chi connectivity index (χ2v) is 7.67. The summed E-state index contributed by atoms with van der Waals surface area (Å²) in [5.41, 5.74) is 0.469. The van der Waals surface area contributed by atoms with E-state index in [-0.39, 0.29) is 0 Å². The van der Waals surface area contributed by atoms with Gasteiger partial charge in [-0.2, -0.15) is 0 Å². The molecule has 26 heavy (non-hydrogen) atoms. The van der Waals surface area contributed by atoms with Crippen LogP contribution in [-0.4, -0.2) is 53.9 Å². The third kappa shape index (κ3) is 5.10. The van der Waals surface area contributed by atoms with Crippen LogP contribution in [0.3, 0.4) is 0 Å². The van der Waals surface area contributed by atoms with Gasteiger partial charge in [0.1, 0.15) is 5.82 Å². The Labute approximate surface area is 157 Å². The minimum absolute atomic E-state index is 0.409. The molecule has 1 aliphatic carbocycles. The molecule has 3 N–H and O–H groups in total. The molecule has 0 radical (unpaired) electrons. The lowest BCUT2D eigenvalue weighted by Crippen LogP contribution is -2.49. The van der Waals surface area contributed by atoms with Crippen molar-refractivity contribution < 1.29 is 5.11 Å². The molecule has 2 heterocycles. The zero-order valence-electron chi connectivity index (χ0n) is 16.2. The molecule has 6 nitrogen and oxygen atoms in total. The Balaban J connectivity index is 1.52. The van der Waals surface area contributed by atoms with Crippen LogP contribution in [0.25, 0.3) is 0 Å². The van der Waals surface area contributed by atoms with Crippen molar-refractivity contribution in [2.75, 3.05) is 31.1 Å². The van der Waals surface area contributed by atoms with Crippen molar-refractivity contribution >= 4 is 11.8 Å². The molecule has 1 aliphatic heterocycles. The summed E-state index contributed by atoms with van der Waals surface area (Å²) in [4.78, 5) is 11.7.